The minimum atomic E-state index is -4.32. The van der Waals surface area contributed by atoms with Crippen molar-refractivity contribution in [1.82, 2.24) is 5.32 Å². The minimum absolute atomic E-state index is 0.0733. The van der Waals surface area contributed by atoms with Crippen LogP contribution in [0.15, 0.2) is 18.2 Å². The number of rotatable bonds is 4. The van der Waals surface area contributed by atoms with E-state index >= 15 is 0 Å². The largest absolute Gasteiger partial charge is 0.390 e. The Labute approximate surface area is 97.8 Å². The van der Waals surface area contributed by atoms with Crippen molar-refractivity contribution in [2.45, 2.75) is 32.5 Å². The molecule has 0 radical (unpaired) electrons. The third-order valence-electron chi connectivity index (χ3n) is 2.41. The third kappa shape index (κ3) is 4.34. The zero-order valence-corrected chi connectivity index (χ0v) is 9.74. The Kier molecular flexibility index (Phi) is 4.51. The molecule has 0 saturated heterocycles. The maximum absolute atomic E-state index is 13.5. The Hall–Kier alpha value is -1.10. The van der Waals surface area contributed by atoms with Crippen molar-refractivity contribution in [3.63, 3.8) is 0 Å². The van der Waals surface area contributed by atoms with Gasteiger partial charge < -0.3 is 5.32 Å². The smallest absolute Gasteiger partial charge is 0.310 e. The van der Waals surface area contributed by atoms with E-state index in [1.54, 1.807) is 13.8 Å². The summed E-state index contributed by atoms with van der Waals surface area (Å²) >= 11 is 0. The third-order valence-corrected chi connectivity index (χ3v) is 2.41. The summed E-state index contributed by atoms with van der Waals surface area (Å²) < 4.78 is 50.7. The van der Waals surface area contributed by atoms with Gasteiger partial charge >= 0.3 is 6.18 Å². The standard InChI is InChI=1S/C12H15F4N/c1-3-17-11(7-12(14,15)16)9-6-8(2)4-5-10(9)13/h4-6,11,17H,3,7H2,1-2H3. The topological polar surface area (TPSA) is 12.0 Å². The average molecular weight is 249 g/mol. The Morgan fingerprint density at radius 1 is 1.29 bits per heavy atom. The van der Waals surface area contributed by atoms with E-state index in [2.05, 4.69) is 5.32 Å². The van der Waals surface area contributed by atoms with Crippen molar-refractivity contribution in [3.05, 3.63) is 35.1 Å². The zero-order valence-electron chi connectivity index (χ0n) is 9.74. The van der Waals surface area contributed by atoms with Crippen molar-refractivity contribution in [2.24, 2.45) is 0 Å². The first-order valence-corrected chi connectivity index (χ1v) is 5.39. The Bertz CT molecular complexity index is 373. The Morgan fingerprint density at radius 2 is 1.94 bits per heavy atom. The second-order valence-corrected chi connectivity index (χ2v) is 3.95. The molecular formula is C12H15F4N. The quantitative estimate of drug-likeness (QED) is 0.801. The van der Waals surface area contributed by atoms with Crippen molar-refractivity contribution in [3.8, 4) is 0 Å². The summed E-state index contributed by atoms with van der Waals surface area (Å²) in [7, 11) is 0. The van der Waals surface area contributed by atoms with Gasteiger partial charge in [-0.25, -0.2) is 4.39 Å². The first kappa shape index (κ1) is 14.0. The molecule has 1 atom stereocenters. The van der Waals surface area contributed by atoms with E-state index in [-0.39, 0.29) is 5.56 Å². The van der Waals surface area contributed by atoms with E-state index in [1.165, 1.54) is 18.2 Å². The van der Waals surface area contributed by atoms with Crippen molar-refractivity contribution >= 4 is 0 Å². The van der Waals surface area contributed by atoms with Crippen LogP contribution in [0.1, 0.15) is 30.5 Å². The van der Waals surface area contributed by atoms with Crippen LogP contribution < -0.4 is 5.32 Å². The molecule has 0 heterocycles. The van der Waals surface area contributed by atoms with Crippen LogP contribution in [0.4, 0.5) is 17.6 Å². The first-order valence-electron chi connectivity index (χ1n) is 5.39. The highest BCUT2D eigenvalue weighted by Crippen LogP contribution is 2.31. The lowest BCUT2D eigenvalue weighted by molar-refractivity contribution is -0.140. The van der Waals surface area contributed by atoms with E-state index in [4.69, 9.17) is 0 Å². The number of benzene rings is 1. The molecule has 1 aromatic rings. The highest BCUT2D eigenvalue weighted by molar-refractivity contribution is 5.27. The summed E-state index contributed by atoms with van der Waals surface area (Å²) in [5.41, 5.74) is 0.815. The molecule has 0 bridgehead atoms. The maximum Gasteiger partial charge on any atom is 0.390 e. The zero-order chi connectivity index (χ0) is 13.1. The Balaban J connectivity index is 3.00. The summed E-state index contributed by atoms with van der Waals surface area (Å²) in [6.45, 7) is 3.77. The molecule has 5 heteroatoms. The van der Waals surface area contributed by atoms with Gasteiger partial charge in [-0.05, 0) is 19.5 Å². The number of aryl methyl sites for hydroxylation is 1. The van der Waals surface area contributed by atoms with E-state index in [0.29, 0.717) is 6.54 Å². The maximum atomic E-state index is 13.5. The molecular weight excluding hydrogens is 234 g/mol. The SMILES string of the molecule is CCNC(CC(F)(F)F)c1cc(C)ccc1F. The number of nitrogens with one attached hydrogen (secondary N) is 1. The molecule has 17 heavy (non-hydrogen) atoms. The molecule has 1 aromatic carbocycles. The van der Waals surface area contributed by atoms with Gasteiger partial charge in [0.05, 0.1) is 6.42 Å². The predicted octanol–water partition coefficient (Wildman–Crippen LogP) is 3.74. The summed E-state index contributed by atoms with van der Waals surface area (Å²) in [6, 6.07) is 3.16. The Morgan fingerprint density at radius 3 is 2.47 bits per heavy atom. The van der Waals surface area contributed by atoms with Crippen molar-refractivity contribution < 1.29 is 17.6 Å². The fourth-order valence-corrected chi connectivity index (χ4v) is 1.70. The molecule has 0 fully saturated rings. The van der Waals surface area contributed by atoms with Gasteiger partial charge in [-0.15, -0.1) is 0 Å². The van der Waals surface area contributed by atoms with Crippen LogP contribution >= 0.6 is 0 Å². The van der Waals surface area contributed by atoms with E-state index in [1.807, 2.05) is 0 Å². The predicted molar refractivity (Wildman–Crippen MR) is 58.2 cm³/mol. The lowest BCUT2D eigenvalue weighted by Gasteiger charge is -2.20. The number of hydrogen-bond donors (Lipinski definition) is 1. The highest BCUT2D eigenvalue weighted by Gasteiger charge is 2.33. The van der Waals surface area contributed by atoms with Gasteiger partial charge in [-0.2, -0.15) is 13.2 Å². The molecule has 0 aromatic heterocycles. The molecule has 0 saturated carbocycles. The molecule has 0 aliphatic carbocycles. The lowest BCUT2D eigenvalue weighted by atomic mass is 10.0. The van der Waals surface area contributed by atoms with E-state index in [9.17, 15) is 17.6 Å². The molecule has 0 amide bonds. The van der Waals surface area contributed by atoms with Crippen LogP contribution in [-0.2, 0) is 0 Å². The van der Waals surface area contributed by atoms with Gasteiger partial charge in [0.2, 0.25) is 0 Å². The second kappa shape index (κ2) is 5.49. The molecule has 0 aliphatic rings. The molecule has 0 aliphatic heterocycles. The van der Waals surface area contributed by atoms with Crippen LogP contribution in [-0.4, -0.2) is 12.7 Å². The van der Waals surface area contributed by atoms with E-state index < -0.39 is 24.5 Å². The molecule has 1 nitrogen and oxygen atoms in total. The fraction of sp³-hybridized carbons (Fsp3) is 0.500. The highest BCUT2D eigenvalue weighted by atomic mass is 19.4. The molecule has 0 spiro atoms. The summed E-state index contributed by atoms with van der Waals surface area (Å²) in [6.07, 6.45) is -5.38. The number of alkyl halides is 3. The monoisotopic (exact) mass is 249 g/mol. The van der Waals surface area contributed by atoms with Crippen LogP contribution in [0, 0.1) is 12.7 Å². The van der Waals surface area contributed by atoms with Crippen molar-refractivity contribution in [2.75, 3.05) is 6.54 Å². The molecule has 1 unspecified atom stereocenters. The van der Waals surface area contributed by atoms with Crippen LogP contribution in [0.2, 0.25) is 0 Å². The summed E-state index contributed by atoms with van der Waals surface area (Å²) in [5, 5.41) is 2.66. The van der Waals surface area contributed by atoms with Crippen LogP contribution in [0.3, 0.4) is 0 Å². The van der Waals surface area contributed by atoms with Crippen LogP contribution in [0.5, 0.6) is 0 Å². The molecule has 1 rings (SSSR count). The second-order valence-electron chi connectivity index (χ2n) is 3.95. The van der Waals surface area contributed by atoms with Crippen molar-refractivity contribution in [1.29, 1.82) is 0 Å². The first-order chi connectivity index (χ1) is 7.83. The van der Waals surface area contributed by atoms with Gasteiger partial charge in [-0.3, -0.25) is 0 Å². The van der Waals surface area contributed by atoms with E-state index in [0.717, 1.165) is 5.56 Å². The van der Waals surface area contributed by atoms with Gasteiger partial charge in [0.1, 0.15) is 5.82 Å². The molecule has 1 N–H and O–H groups in total. The number of hydrogen-bond acceptors (Lipinski definition) is 1. The minimum Gasteiger partial charge on any atom is -0.310 e. The normalized spacial score (nSPS) is 13.8. The van der Waals surface area contributed by atoms with Crippen LogP contribution in [0.25, 0.3) is 0 Å². The van der Waals surface area contributed by atoms with Gasteiger partial charge in [-0.1, -0.05) is 24.6 Å². The van der Waals surface area contributed by atoms with Gasteiger partial charge in [0.25, 0.3) is 0 Å². The van der Waals surface area contributed by atoms with Gasteiger partial charge in [0.15, 0.2) is 0 Å². The average Bonchev–Trinajstić information content (AvgIpc) is 2.19. The molecule has 96 valence electrons. The number of halogens is 4. The summed E-state index contributed by atoms with van der Waals surface area (Å²) in [5.74, 6) is -0.606. The summed E-state index contributed by atoms with van der Waals surface area (Å²) in [4.78, 5) is 0. The fourth-order valence-electron chi connectivity index (χ4n) is 1.70. The van der Waals surface area contributed by atoms with Gasteiger partial charge in [0, 0.05) is 11.6 Å². The lowest BCUT2D eigenvalue weighted by Crippen LogP contribution is -2.27.